The Bertz CT molecular complexity index is 799. The normalized spacial score (nSPS) is 18.8. The van der Waals surface area contributed by atoms with Crippen molar-refractivity contribution in [2.45, 2.75) is 24.0 Å². The van der Waals surface area contributed by atoms with Crippen molar-refractivity contribution < 1.29 is 35.6 Å². The van der Waals surface area contributed by atoms with Gasteiger partial charge in [0.05, 0.1) is 22.6 Å². The number of nitrogens with zero attached hydrogens (tertiary/aromatic N) is 1. The minimum atomic E-state index is -4.99. The number of carbonyl (C=O) groups excluding carboxylic acids is 1. The summed E-state index contributed by atoms with van der Waals surface area (Å²) >= 11 is 1.53. The highest BCUT2D eigenvalue weighted by atomic mass is 32.2. The second-order valence-electron chi connectivity index (χ2n) is 6.25. The number of furan rings is 1. The number of thioether (sulfide) groups is 1. The van der Waals surface area contributed by atoms with E-state index in [9.17, 15) is 31.1 Å². The Hall–Kier alpha value is -2.10. The van der Waals surface area contributed by atoms with Gasteiger partial charge < -0.3 is 9.32 Å². The van der Waals surface area contributed by atoms with Gasteiger partial charge >= 0.3 is 12.4 Å². The largest absolute Gasteiger partial charge is 0.468 e. The van der Waals surface area contributed by atoms with Crippen LogP contribution in [0.5, 0.6) is 0 Å². The van der Waals surface area contributed by atoms with Crippen LogP contribution >= 0.6 is 11.8 Å². The lowest BCUT2D eigenvalue weighted by atomic mass is 10.0. The SMILES string of the molecule is O=C(c1cc(C(F)(F)F)cc(C(F)(F)F)c1)N1CCSC(c2ccco2)CC1. The van der Waals surface area contributed by atoms with Crippen LogP contribution in [0.4, 0.5) is 26.3 Å². The van der Waals surface area contributed by atoms with Gasteiger partial charge in [-0.2, -0.15) is 26.3 Å². The highest BCUT2D eigenvalue weighted by molar-refractivity contribution is 7.99. The number of rotatable bonds is 2. The third kappa shape index (κ3) is 4.65. The van der Waals surface area contributed by atoms with E-state index in [-0.39, 0.29) is 24.4 Å². The topological polar surface area (TPSA) is 33.5 Å². The van der Waals surface area contributed by atoms with Crippen LogP contribution in [-0.4, -0.2) is 29.6 Å². The third-order valence-electron chi connectivity index (χ3n) is 4.32. The summed E-state index contributed by atoms with van der Waals surface area (Å²) < 4.78 is 83.4. The second-order valence-corrected chi connectivity index (χ2v) is 7.56. The van der Waals surface area contributed by atoms with E-state index < -0.39 is 35.0 Å². The summed E-state index contributed by atoms with van der Waals surface area (Å²) in [6.45, 7) is 0.424. The molecule has 0 N–H and O–H groups in total. The lowest BCUT2D eigenvalue weighted by molar-refractivity contribution is -0.143. The number of hydrogen-bond acceptors (Lipinski definition) is 3. The molecule has 1 saturated heterocycles. The van der Waals surface area contributed by atoms with E-state index in [1.165, 1.54) is 22.9 Å². The quantitative estimate of drug-likeness (QED) is 0.587. The van der Waals surface area contributed by atoms with Gasteiger partial charge in [0, 0.05) is 24.4 Å². The predicted octanol–water partition coefficient (Wildman–Crippen LogP) is 5.64. The van der Waals surface area contributed by atoms with Crippen molar-refractivity contribution in [2.24, 2.45) is 0 Å². The molecular formula is C18H15F6NO2S. The van der Waals surface area contributed by atoms with E-state index in [0.29, 0.717) is 24.3 Å². The monoisotopic (exact) mass is 423 g/mol. The fourth-order valence-corrected chi connectivity index (χ4v) is 4.12. The maximum Gasteiger partial charge on any atom is 0.416 e. The Labute approximate surface area is 160 Å². The Kier molecular flexibility index (Phi) is 5.69. The summed E-state index contributed by atoms with van der Waals surface area (Å²) in [7, 11) is 0. The first kappa shape index (κ1) is 20.6. The van der Waals surface area contributed by atoms with Crippen molar-refractivity contribution in [3.8, 4) is 0 Å². The average molecular weight is 423 g/mol. The first-order valence-electron chi connectivity index (χ1n) is 8.29. The Morgan fingerprint density at radius 3 is 2.21 bits per heavy atom. The van der Waals surface area contributed by atoms with E-state index in [0.717, 1.165) is 5.76 Å². The zero-order chi connectivity index (χ0) is 20.5. The van der Waals surface area contributed by atoms with Gasteiger partial charge in [0.25, 0.3) is 5.91 Å². The fourth-order valence-electron chi connectivity index (χ4n) is 2.94. The Morgan fingerprint density at radius 1 is 1.04 bits per heavy atom. The highest BCUT2D eigenvalue weighted by Crippen LogP contribution is 2.38. The molecule has 2 aromatic rings. The van der Waals surface area contributed by atoms with Crippen LogP contribution < -0.4 is 0 Å². The van der Waals surface area contributed by atoms with E-state index in [1.54, 1.807) is 12.1 Å². The molecule has 3 nitrogen and oxygen atoms in total. The molecule has 1 unspecified atom stereocenters. The van der Waals surface area contributed by atoms with Crippen LogP contribution in [0.3, 0.4) is 0 Å². The first-order valence-corrected chi connectivity index (χ1v) is 9.34. The maximum absolute atomic E-state index is 13.0. The molecule has 1 aromatic carbocycles. The number of halogens is 6. The molecule has 1 fully saturated rings. The summed E-state index contributed by atoms with van der Waals surface area (Å²) in [5, 5.41) is -0.0277. The molecule has 2 heterocycles. The van der Waals surface area contributed by atoms with Crippen LogP contribution in [0, 0.1) is 0 Å². The molecule has 152 valence electrons. The molecule has 1 aliphatic rings. The molecule has 1 aromatic heterocycles. The molecule has 0 aliphatic carbocycles. The van der Waals surface area contributed by atoms with Crippen LogP contribution in [0.2, 0.25) is 0 Å². The zero-order valence-corrected chi connectivity index (χ0v) is 15.1. The summed E-state index contributed by atoms with van der Waals surface area (Å²) in [5.41, 5.74) is -3.62. The number of benzene rings is 1. The number of carbonyl (C=O) groups is 1. The highest BCUT2D eigenvalue weighted by Gasteiger charge is 2.38. The van der Waals surface area contributed by atoms with Gasteiger partial charge in [0.2, 0.25) is 0 Å². The Morgan fingerprint density at radius 2 is 1.68 bits per heavy atom. The predicted molar refractivity (Wildman–Crippen MR) is 90.9 cm³/mol. The van der Waals surface area contributed by atoms with Crippen molar-refractivity contribution >= 4 is 17.7 Å². The van der Waals surface area contributed by atoms with Gasteiger partial charge in [0.15, 0.2) is 0 Å². The summed E-state index contributed by atoms with van der Waals surface area (Å²) in [6.07, 6.45) is -7.98. The van der Waals surface area contributed by atoms with E-state index in [1.807, 2.05) is 0 Å². The molecule has 1 amide bonds. The van der Waals surface area contributed by atoms with Gasteiger partial charge in [-0.3, -0.25) is 4.79 Å². The smallest absolute Gasteiger partial charge is 0.416 e. The van der Waals surface area contributed by atoms with Crippen LogP contribution in [0.25, 0.3) is 0 Å². The molecular weight excluding hydrogens is 408 g/mol. The minimum Gasteiger partial charge on any atom is -0.468 e. The van der Waals surface area contributed by atoms with Gasteiger partial charge in [-0.15, -0.1) is 11.8 Å². The van der Waals surface area contributed by atoms with Crippen LogP contribution in [0.15, 0.2) is 41.0 Å². The minimum absolute atomic E-state index is 0.0159. The van der Waals surface area contributed by atoms with Gasteiger partial charge in [-0.05, 0) is 36.8 Å². The van der Waals surface area contributed by atoms with E-state index >= 15 is 0 Å². The molecule has 1 aliphatic heterocycles. The van der Waals surface area contributed by atoms with Crippen molar-refractivity contribution in [1.29, 1.82) is 0 Å². The lowest BCUT2D eigenvalue weighted by Gasteiger charge is -2.22. The van der Waals surface area contributed by atoms with Crippen molar-refractivity contribution in [3.63, 3.8) is 0 Å². The van der Waals surface area contributed by atoms with Crippen LogP contribution in [0.1, 0.15) is 38.9 Å². The van der Waals surface area contributed by atoms with Gasteiger partial charge in [-0.25, -0.2) is 0 Å². The molecule has 0 bridgehead atoms. The first-order chi connectivity index (χ1) is 13.1. The van der Waals surface area contributed by atoms with Crippen LogP contribution in [-0.2, 0) is 12.4 Å². The molecule has 28 heavy (non-hydrogen) atoms. The van der Waals surface area contributed by atoms with E-state index in [4.69, 9.17) is 4.42 Å². The molecule has 0 spiro atoms. The van der Waals surface area contributed by atoms with E-state index in [2.05, 4.69) is 0 Å². The number of alkyl halides is 6. The summed E-state index contributed by atoms with van der Waals surface area (Å²) in [6, 6.07) is 4.48. The fraction of sp³-hybridized carbons (Fsp3) is 0.389. The van der Waals surface area contributed by atoms with Gasteiger partial charge in [-0.1, -0.05) is 0 Å². The molecule has 3 rings (SSSR count). The molecule has 10 heteroatoms. The van der Waals surface area contributed by atoms with Crippen molar-refractivity contribution in [3.05, 3.63) is 59.0 Å². The third-order valence-corrected chi connectivity index (χ3v) is 5.61. The lowest BCUT2D eigenvalue weighted by Crippen LogP contribution is -2.33. The van der Waals surface area contributed by atoms with Crippen molar-refractivity contribution in [1.82, 2.24) is 4.90 Å². The number of amides is 1. The van der Waals surface area contributed by atoms with Crippen molar-refractivity contribution in [2.75, 3.05) is 18.8 Å². The summed E-state index contributed by atoms with van der Waals surface area (Å²) in [5.74, 6) is 0.359. The maximum atomic E-state index is 13.0. The standard InChI is InChI=1S/C18H15F6NO2S/c19-17(20,21)12-8-11(9-13(10-12)18(22,23)24)16(26)25-4-3-15(28-7-5-25)14-2-1-6-27-14/h1-2,6,8-10,15H,3-5,7H2. The second kappa shape index (κ2) is 7.73. The van der Waals surface area contributed by atoms with Gasteiger partial charge in [0.1, 0.15) is 5.76 Å². The number of hydrogen-bond donors (Lipinski definition) is 0. The molecule has 1 atom stereocenters. The molecule has 0 radical (unpaired) electrons. The Balaban J connectivity index is 1.85. The average Bonchev–Trinajstić information content (AvgIpc) is 3.04. The zero-order valence-electron chi connectivity index (χ0n) is 14.3. The molecule has 0 saturated carbocycles. The summed E-state index contributed by atoms with van der Waals surface area (Å²) in [4.78, 5) is 13.9.